The van der Waals surface area contributed by atoms with Gasteiger partial charge in [0.2, 0.25) is 11.8 Å². The Bertz CT molecular complexity index is 574. The van der Waals surface area contributed by atoms with E-state index < -0.39 is 0 Å². The highest BCUT2D eigenvalue weighted by atomic mass is 16.5. The van der Waals surface area contributed by atoms with Crippen molar-refractivity contribution >= 4 is 5.95 Å². The first kappa shape index (κ1) is 12.1. The van der Waals surface area contributed by atoms with Crippen LogP contribution in [0.2, 0.25) is 0 Å². The van der Waals surface area contributed by atoms with E-state index in [1.165, 1.54) is 0 Å². The van der Waals surface area contributed by atoms with E-state index in [0.29, 0.717) is 5.89 Å². The number of hydrogen-bond donors (Lipinski definition) is 0. The molecule has 1 unspecified atom stereocenters. The van der Waals surface area contributed by atoms with Gasteiger partial charge in [-0.25, -0.2) is 9.97 Å². The van der Waals surface area contributed by atoms with Gasteiger partial charge in [0.25, 0.3) is 0 Å². The summed E-state index contributed by atoms with van der Waals surface area (Å²) in [7, 11) is 0. The van der Waals surface area contributed by atoms with Crippen molar-refractivity contribution in [2.45, 2.75) is 39.7 Å². The summed E-state index contributed by atoms with van der Waals surface area (Å²) < 4.78 is 5.08. The van der Waals surface area contributed by atoms with Gasteiger partial charge in [0, 0.05) is 24.9 Å². The SMILES string of the molecule is Cc1cc(C)nc(N2CCCC2c2noc(C)n2)n1. The summed E-state index contributed by atoms with van der Waals surface area (Å²) in [5.74, 6) is 2.10. The Kier molecular flexibility index (Phi) is 2.93. The van der Waals surface area contributed by atoms with Crippen molar-refractivity contribution in [2.24, 2.45) is 0 Å². The van der Waals surface area contributed by atoms with Crippen molar-refractivity contribution in [3.05, 3.63) is 29.2 Å². The van der Waals surface area contributed by atoms with Crippen molar-refractivity contribution in [1.82, 2.24) is 20.1 Å². The van der Waals surface area contributed by atoms with Crippen molar-refractivity contribution in [1.29, 1.82) is 0 Å². The maximum Gasteiger partial charge on any atom is 0.226 e. The Balaban J connectivity index is 1.94. The highest BCUT2D eigenvalue weighted by molar-refractivity contribution is 5.36. The molecule has 100 valence electrons. The summed E-state index contributed by atoms with van der Waals surface area (Å²) >= 11 is 0. The predicted molar refractivity (Wildman–Crippen MR) is 69.9 cm³/mol. The summed E-state index contributed by atoms with van der Waals surface area (Å²) in [4.78, 5) is 15.6. The van der Waals surface area contributed by atoms with Gasteiger partial charge in [-0.2, -0.15) is 4.98 Å². The summed E-state index contributed by atoms with van der Waals surface area (Å²) in [5, 5.41) is 4.04. The van der Waals surface area contributed by atoms with E-state index in [2.05, 4.69) is 25.0 Å². The molecule has 1 saturated heterocycles. The van der Waals surface area contributed by atoms with Crippen LogP contribution in [0, 0.1) is 20.8 Å². The molecule has 1 aliphatic rings. The van der Waals surface area contributed by atoms with Gasteiger partial charge in [0.15, 0.2) is 5.82 Å². The minimum Gasteiger partial charge on any atom is -0.340 e. The van der Waals surface area contributed by atoms with Crippen LogP contribution < -0.4 is 4.90 Å². The summed E-state index contributed by atoms with van der Waals surface area (Å²) in [6.07, 6.45) is 2.10. The molecule has 0 spiro atoms. The molecule has 19 heavy (non-hydrogen) atoms. The summed E-state index contributed by atoms with van der Waals surface area (Å²) in [6.45, 7) is 6.72. The van der Waals surface area contributed by atoms with Gasteiger partial charge in [-0.05, 0) is 32.8 Å². The van der Waals surface area contributed by atoms with Crippen LogP contribution in [0.15, 0.2) is 10.6 Å². The molecule has 0 bridgehead atoms. The fraction of sp³-hybridized carbons (Fsp3) is 0.538. The average Bonchev–Trinajstić information content (AvgIpc) is 2.95. The van der Waals surface area contributed by atoms with Gasteiger partial charge in [0.1, 0.15) is 0 Å². The van der Waals surface area contributed by atoms with E-state index in [1.54, 1.807) is 0 Å². The van der Waals surface area contributed by atoms with Crippen LogP contribution in [0.3, 0.4) is 0 Å². The molecule has 3 heterocycles. The fourth-order valence-electron chi connectivity index (χ4n) is 2.56. The van der Waals surface area contributed by atoms with E-state index >= 15 is 0 Å². The van der Waals surface area contributed by atoms with Crippen LogP contribution in [0.5, 0.6) is 0 Å². The second-order valence-corrected chi connectivity index (χ2v) is 4.97. The Morgan fingerprint density at radius 1 is 1.16 bits per heavy atom. The lowest BCUT2D eigenvalue weighted by molar-refractivity contribution is 0.383. The van der Waals surface area contributed by atoms with Crippen molar-refractivity contribution in [3.63, 3.8) is 0 Å². The fourth-order valence-corrected chi connectivity index (χ4v) is 2.56. The van der Waals surface area contributed by atoms with Gasteiger partial charge in [-0.3, -0.25) is 0 Å². The molecule has 0 saturated carbocycles. The Hall–Kier alpha value is -1.98. The highest BCUT2D eigenvalue weighted by Gasteiger charge is 2.31. The second kappa shape index (κ2) is 4.60. The molecule has 1 aliphatic heterocycles. The molecular formula is C13H17N5O. The van der Waals surface area contributed by atoms with Gasteiger partial charge < -0.3 is 9.42 Å². The summed E-state index contributed by atoms with van der Waals surface area (Å²) in [5.41, 5.74) is 1.97. The van der Waals surface area contributed by atoms with Gasteiger partial charge in [-0.1, -0.05) is 5.16 Å². The molecular weight excluding hydrogens is 242 g/mol. The normalized spacial score (nSPS) is 19.1. The number of aromatic nitrogens is 4. The third kappa shape index (κ3) is 2.30. The molecule has 0 radical (unpaired) electrons. The predicted octanol–water partition coefficient (Wildman–Crippen LogP) is 2.13. The van der Waals surface area contributed by atoms with Crippen molar-refractivity contribution in [2.75, 3.05) is 11.4 Å². The lowest BCUT2D eigenvalue weighted by Gasteiger charge is -2.22. The summed E-state index contributed by atoms with van der Waals surface area (Å²) in [6, 6.07) is 2.10. The largest absolute Gasteiger partial charge is 0.340 e. The maximum atomic E-state index is 5.08. The zero-order chi connectivity index (χ0) is 13.4. The molecule has 0 aliphatic carbocycles. The van der Waals surface area contributed by atoms with Crippen LogP contribution >= 0.6 is 0 Å². The Morgan fingerprint density at radius 3 is 2.53 bits per heavy atom. The number of rotatable bonds is 2. The van der Waals surface area contributed by atoms with E-state index in [1.807, 2.05) is 26.8 Å². The van der Waals surface area contributed by atoms with E-state index in [-0.39, 0.29) is 6.04 Å². The third-order valence-corrected chi connectivity index (χ3v) is 3.32. The molecule has 0 aromatic carbocycles. The topological polar surface area (TPSA) is 67.9 Å². The van der Waals surface area contributed by atoms with Gasteiger partial charge >= 0.3 is 0 Å². The number of nitrogens with zero attached hydrogens (tertiary/aromatic N) is 5. The first-order valence-corrected chi connectivity index (χ1v) is 6.52. The molecule has 2 aromatic rings. The molecule has 0 amide bonds. The zero-order valence-corrected chi connectivity index (χ0v) is 11.4. The minimum absolute atomic E-state index is 0.124. The molecule has 1 fully saturated rings. The molecule has 2 aromatic heterocycles. The highest BCUT2D eigenvalue weighted by Crippen LogP contribution is 2.33. The lowest BCUT2D eigenvalue weighted by atomic mass is 10.2. The van der Waals surface area contributed by atoms with Crippen LogP contribution in [-0.4, -0.2) is 26.7 Å². The number of aryl methyl sites for hydroxylation is 3. The Morgan fingerprint density at radius 2 is 1.89 bits per heavy atom. The maximum absolute atomic E-state index is 5.08. The third-order valence-electron chi connectivity index (χ3n) is 3.32. The van der Waals surface area contributed by atoms with Crippen molar-refractivity contribution < 1.29 is 4.52 Å². The zero-order valence-electron chi connectivity index (χ0n) is 11.4. The van der Waals surface area contributed by atoms with Crippen molar-refractivity contribution in [3.8, 4) is 0 Å². The van der Waals surface area contributed by atoms with Crippen LogP contribution in [0.1, 0.15) is 42.0 Å². The van der Waals surface area contributed by atoms with Gasteiger partial charge in [-0.15, -0.1) is 0 Å². The number of hydrogen-bond acceptors (Lipinski definition) is 6. The first-order chi connectivity index (χ1) is 9.13. The van der Waals surface area contributed by atoms with Crippen LogP contribution in [0.25, 0.3) is 0 Å². The number of anilines is 1. The monoisotopic (exact) mass is 259 g/mol. The molecule has 0 N–H and O–H groups in total. The van der Waals surface area contributed by atoms with E-state index in [9.17, 15) is 0 Å². The molecule has 1 atom stereocenters. The smallest absolute Gasteiger partial charge is 0.226 e. The van der Waals surface area contributed by atoms with E-state index in [4.69, 9.17) is 4.52 Å². The second-order valence-electron chi connectivity index (χ2n) is 4.97. The minimum atomic E-state index is 0.124. The Labute approximate surface area is 111 Å². The van der Waals surface area contributed by atoms with Crippen LogP contribution in [-0.2, 0) is 0 Å². The molecule has 3 rings (SSSR count). The first-order valence-electron chi connectivity index (χ1n) is 6.52. The van der Waals surface area contributed by atoms with E-state index in [0.717, 1.165) is 42.5 Å². The lowest BCUT2D eigenvalue weighted by Crippen LogP contribution is -2.26. The standard InChI is InChI=1S/C13H17N5O/c1-8-7-9(2)15-13(14-8)18-6-4-5-11(18)12-16-10(3)19-17-12/h7,11H,4-6H2,1-3H3. The average molecular weight is 259 g/mol. The molecule has 6 nitrogen and oxygen atoms in total. The van der Waals surface area contributed by atoms with Gasteiger partial charge in [0.05, 0.1) is 6.04 Å². The quantitative estimate of drug-likeness (QED) is 0.823. The molecule has 6 heteroatoms. The van der Waals surface area contributed by atoms with Crippen LogP contribution in [0.4, 0.5) is 5.95 Å².